The summed E-state index contributed by atoms with van der Waals surface area (Å²) in [5.41, 5.74) is 2.14. The first-order chi connectivity index (χ1) is 9.31. The molecule has 1 aliphatic heterocycles. The second-order valence-electron chi connectivity index (χ2n) is 5.02. The number of H-pyrrole nitrogens is 1. The van der Waals surface area contributed by atoms with E-state index in [1.807, 2.05) is 24.4 Å². The minimum atomic E-state index is 0.0605. The molecule has 0 bridgehead atoms. The van der Waals surface area contributed by atoms with E-state index >= 15 is 0 Å². The molecule has 0 radical (unpaired) electrons. The topological polar surface area (TPSA) is 54.1 Å². The highest BCUT2D eigenvalue weighted by molar-refractivity contribution is 5.83. The van der Waals surface area contributed by atoms with E-state index < -0.39 is 0 Å². The summed E-state index contributed by atoms with van der Waals surface area (Å²) in [6.45, 7) is 1.45. The first kappa shape index (κ1) is 12.2. The van der Waals surface area contributed by atoms with Crippen LogP contribution in [0.3, 0.4) is 0 Å². The van der Waals surface area contributed by atoms with Crippen LogP contribution < -0.4 is 5.32 Å². The Kier molecular flexibility index (Phi) is 3.51. The van der Waals surface area contributed by atoms with Crippen molar-refractivity contribution in [3.05, 3.63) is 36.0 Å². The van der Waals surface area contributed by atoms with E-state index in [0.29, 0.717) is 13.0 Å². The minimum Gasteiger partial charge on any atom is -0.376 e. The molecule has 3 rings (SSSR count). The molecule has 0 saturated carbocycles. The van der Waals surface area contributed by atoms with Gasteiger partial charge < -0.3 is 15.0 Å². The third kappa shape index (κ3) is 2.96. The number of amides is 1. The molecule has 0 spiro atoms. The zero-order chi connectivity index (χ0) is 13.1. The van der Waals surface area contributed by atoms with E-state index in [1.165, 1.54) is 0 Å². The average molecular weight is 258 g/mol. The fraction of sp³-hybridized carbons (Fsp3) is 0.400. The predicted octanol–water partition coefficient (Wildman–Crippen LogP) is 2.01. The number of rotatable bonds is 4. The lowest BCUT2D eigenvalue weighted by Crippen LogP contribution is -2.32. The van der Waals surface area contributed by atoms with Gasteiger partial charge in [0.2, 0.25) is 5.91 Å². The largest absolute Gasteiger partial charge is 0.376 e. The maximum Gasteiger partial charge on any atom is 0.224 e. The molecule has 2 N–H and O–H groups in total. The van der Waals surface area contributed by atoms with Gasteiger partial charge in [-0.15, -0.1) is 0 Å². The Balaban J connectivity index is 1.55. The molecule has 1 atom stereocenters. The van der Waals surface area contributed by atoms with Crippen LogP contribution >= 0.6 is 0 Å². The maximum atomic E-state index is 11.9. The van der Waals surface area contributed by atoms with Gasteiger partial charge in [-0.05, 0) is 42.0 Å². The Morgan fingerprint density at radius 1 is 1.42 bits per heavy atom. The number of fused-ring (bicyclic) bond motifs is 1. The van der Waals surface area contributed by atoms with Gasteiger partial charge in [-0.25, -0.2) is 0 Å². The van der Waals surface area contributed by atoms with Crippen LogP contribution in [0.4, 0.5) is 0 Å². The summed E-state index contributed by atoms with van der Waals surface area (Å²) in [6.07, 6.45) is 4.69. The number of aromatic amines is 1. The number of ether oxygens (including phenoxy) is 1. The summed E-state index contributed by atoms with van der Waals surface area (Å²) in [5.74, 6) is 0.0605. The summed E-state index contributed by atoms with van der Waals surface area (Å²) in [6, 6.07) is 8.07. The number of nitrogens with one attached hydrogen (secondary N) is 2. The fourth-order valence-corrected chi connectivity index (χ4v) is 2.49. The highest BCUT2D eigenvalue weighted by atomic mass is 16.5. The molecule has 2 aromatic rings. The number of hydrogen-bond donors (Lipinski definition) is 2. The van der Waals surface area contributed by atoms with Gasteiger partial charge in [-0.2, -0.15) is 0 Å². The number of carbonyl (C=O) groups excluding carboxylic acids is 1. The van der Waals surface area contributed by atoms with E-state index in [1.54, 1.807) is 0 Å². The number of aromatic nitrogens is 1. The van der Waals surface area contributed by atoms with Gasteiger partial charge in [0.1, 0.15) is 0 Å². The number of benzene rings is 1. The normalized spacial score (nSPS) is 18.8. The van der Waals surface area contributed by atoms with Crippen LogP contribution in [0.15, 0.2) is 30.5 Å². The molecular weight excluding hydrogens is 240 g/mol. The van der Waals surface area contributed by atoms with Crippen molar-refractivity contribution >= 4 is 16.8 Å². The highest BCUT2D eigenvalue weighted by Crippen LogP contribution is 2.15. The Morgan fingerprint density at radius 2 is 2.37 bits per heavy atom. The van der Waals surface area contributed by atoms with Gasteiger partial charge in [0.05, 0.1) is 12.5 Å². The number of carbonyl (C=O) groups is 1. The van der Waals surface area contributed by atoms with Crippen molar-refractivity contribution in [2.75, 3.05) is 13.2 Å². The summed E-state index contributed by atoms with van der Waals surface area (Å²) < 4.78 is 5.48. The van der Waals surface area contributed by atoms with Crippen molar-refractivity contribution < 1.29 is 9.53 Å². The molecule has 1 aromatic carbocycles. The van der Waals surface area contributed by atoms with Crippen LogP contribution in [0.2, 0.25) is 0 Å². The van der Waals surface area contributed by atoms with Crippen LogP contribution in [-0.2, 0) is 16.0 Å². The van der Waals surface area contributed by atoms with Gasteiger partial charge >= 0.3 is 0 Å². The van der Waals surface area contributed by atoms with E-state index in [4.69, 9.17) is 4.74 Å². The van der Waals surface area contributed by atoms with E-state index in [-0.39, 0.29) is 12.0 Å². The Bertz CT molecular complexity index is 570. The summed E-state index contributed by atoms with van der Waals surface area (Å²) in [5, 5.41) is 4.09. The van der Waals surface area contributed by atoms with Crippen LogP contribution in [-0.4, -0.2) is 30.1 Å². The van der Waals surface area contributed by atoms with Crippen molar-refractivity contribution in [2.45, 2.75) is 25.4 Å². The third-order valence-electron chi connectivity index (χ3n) is 3.53. The Labute approximate surface area is 112 Å². The van der Waals surface area contributed by atoms with E-state index in [0.717, 1.165) is 35.9 Å². The van der Waals surface area contributed by atoms with Crippen molar-refractivity contribution in [3.8, 4) is 0 Å². The van der Waals surface area contributed by atoms with Crippen LogP contribution in [0, 0.1) is 0 Å². The van der Waals surface area contributed by atoms with Gasteiger partial charge in [0, 0.05) is 24.9 Å². The molecule has 100 valence electrons. The monoisotopic (exact) mass is 258 g/mol. The summed E-state index contributed by atoms with van der Waals surface area (Å²) in [7, 11) is 0. The zero-order valence-electron chi connectivity index (χ0n) is 10.8. The third-order valence-corrected chi connectivity index (χ3v) is 3.53. The van der Waals surface area contributed by atoms with Crippen LogP contribution in [0.1, 0.15) is 18.4 Å². The standard InChI is InChI=1S/C15H18N2O2/c18-15(17-10-13-2-1-7-19-13)9-11-3-4-14-12(8-11)5-6-16-14/h3-6,8,13,16H,1-2,7,9-10H2,(H,17,18). The van der Waals surface area contributed by atoms with Gasteiger partial charge in [-0.1, -0.05) is 6.07 Å². The van der Waals surface area contributed by atoms with Gasteiger partial charge in [0.15, 0.2) is 0 Å². The summed E-state index contributed by atoms with van der Waals surface area (Å²) in [4.78, 5) is 15.0. The molecule has 1 aliphatic rings. The fourth-order valence-electron chi connectivity index (χ4n) is 2.49. The predicted molar refractivity (Wildman–Crippen MR) is 74.0 cm³/mol. The van der Waals surface area contributed by atoms with Crippen molar-refractivity contribution in [3.63, 3.8) is 0 Å². The minimum absolute atomic E-state index is 0.0605. The zero-order valence-corrected chi connectivity index (χ0v) is 10.8. The first-order valence-corrected chi connectivity index (χ1v) is 6.75. The molecule has 1 aromatic heterocycles. The molecule has 4 nitrogen and oxygen atoms in total. The van der Waals surface area contributed by atoms with Gasteiger partial charge in [0.25, 0.3) is 0 Å². The Morgan fingerprint density at radius 3 is 3.21 bits per heavy atom. The first-order valence-electron chi connectivity index (χ1n) is 6.75. The quantitative estimate of drug-likeness (QED) is 0.881. The molecule has 1 unspecified atom stereocenters. The van der Waals surface area contributed by atoms with Gasteiger partial charge in [-0.3, -0.25) is 4.79 Å². The average Bonchev–Trinajstić information content (AvgIpc) is 3.07. The second kappa shape index (κ2) is 5.45. The highest BCUT2D eigenvalue weighted by Gasteiger charge is 2.16. The maximum absolute atomic E-state index is 11.9. The molecular formula is C15H18N2O2. The van der Waals surface area contributed by atoms with E-state index in [2.05, 4.69) is 16.4 Å². The van der Waals surface area contributed by atoms with Crippen molar-refractivity contribution in [1.29, 1.82) is 0 Å². The second-order valence-corrected chi connectivity index (χ2v) is 5.02. The van der Waals surface area contributed by atoms with Crippen molar-refractivity contribution in [2.24, 2.45) is 0 Å². The van der Waals surface area contributed by atoms with E-state index in [9.17, 15) is 4.79 Å². The lowest BCUT2D eigenvalue weighted by molar-refractivity contribution is -0.120. The molecule has 2 heterocycles. The van der Waals surface area contributed by atoms with Crippen LogP contribution in [0.25, 0.3) is 10.9 Å². The molecule has 1 saturated heterocycles. The Hall–Kier alpha value is -1.81. The smallest absolute Gasteiger partial charge is 0.224 e. The van der Waals surface area contributed by atoms with Crippen molar-refractivity contribution in [1.82, 2.24) is 10.3 Å². The molecule has 0 aliphatic carbocycles. The molecule has 4 heteroatoms. The lowest BCUT2D eigenvalue weighted by Gasteiger charge is -2.10. The summed E-state index contributed by atoms with van der Waals surface area (Å²) >= 11 is 0. The molecule has 1 fully saturated rings. The molecule has 1 amide bonds. The number of hydrogen-bond acceptors (Lipinski definition) is 2. The SMILES string of the molecule is O=C(Cc1ccc2[nH]ccc2c1)NCC1CCCO1. The molecule has 19 heavy (non-hydrogen) atoms. The van der Waals surface area contributed by atoms with Crippen LogP contribution in [0.5, 0.6) is 0 Å². The lowest BCUT2D eigenvalue weighted by atomic mass is 10.1.